The second-order valence-corrected chi connectivity index (χ2v) is 6.13. The third-order valence-electron chi connectivity index (χ3n) is 4.37. The molecular formula is C18H22. The first-order valence-corrected chi connectivity index (χ1v) is 7.14. The van der Waals surface area contributed by atoms with Crippen LogP contribution >= 0.6 is 0 Å². The molecular weight excluding hydrogens is 216 g/mol. The predicted molar refractivity (Wildman–Crippen MR) is 79.5 cm³/mol. The normalized spacial score (nSPS) is 23.0. The molecule has 2 aliphatic rings. The van der Waals surface area contributed by atoms with Gasteiger partial charge in [0.2, 0.25) is 0 Å². The number of fused-ring (bicyclic) bond motifs is 1. The van der Waals surface area contributed by atoms with Crippen LogP contribution in [0, 0.1) is 11.8 Å². The number of allylic oxidation sites excluding steroid dienone is 1. The molecule has 0 bridgehead atoms. The van der Waals surface area contributed by atoms with Crippen LogP contribution in [-0.4, -0.2) is 0 Å². The van der Waals surface area contributed by atoms with Crippen molar-refractivity contribution < 1.29 is 0 Å². The van der Waals surface area contributed by atoms with Crippen molar-refractivity contribution in [2.24, 2.45) is 11.8 Å². The highest BCUT2D eigenvalue weighted by molar-refractivity contribution is 5.68. The number of rotatable bonds is 3. The van der Waals surface area contributed by atoms with E-state index in [0.717, 1.165) is 11.8 Å². The molecule has 1 aromatic carbocycles. The molecule has 18 heavy (non-hydrogen) atoms. The molecule has 94 valence electrons. The minimum atomic E-state index is 0.807. The molecule has 1 saturated carbocycles. The van der Waals surface area contributed by atoms with E-state index in [1.54, 1.807) is 16.7 Å². The minimum Gasteiger partial charge on any atom is -0.0984 e. The summed E-state index contributed by atoms with van der Waals surface area (Å²) in [6.45, 7) is 8.60. The largest absolute Gasteiger partial charge is 0.0984 e. The van der Waals surface area contributed by atoms with Crippen LogP contribution in [0.4, 0.5) is 0 Å². The van der Waals surface area contributed by atoms with Crippen molar-refractivity contribution in [3.63, 3.8) is 0 Å². The van der Waals surface area contributed by atoms with Crippen molar-refractivity contribution in [2.75, 3.05) is 0 Å². The minimum absolute atomic E-state index is 0.807. The fourth-order valence-electron chi connectivity index (χ4n) is 3.13. The summed E-state index contributed by atoms with van der Waals surface area (Å²) < 4.78 is 0. The van der Waals surface area contributed by atoms with E-state index < -0.39 is 0 Å². The third kappa shape index (κ3) is 2.16. The van der Waals surface area contributed by atoms with Crippen LogP contribution < -0.4 is 0 Å². The molecule has 1 aromatic rings. The Bertz CT molecular complexity index is 515. The standard InChI is InChI=1S/C18H22/c1-4-14-10-16-7-12(2)8-17(16)11-18(14)9-13(3)15-5-6-15/h4,9-12,15H,1,5-8H2,2-3H3/b13-9+. The Labute approximate surface area is 110 Å². The van der Waals surface area contributed by atoms with Crippen molar-refractivity contribution in [2.45, 2.75) is 39.5 Å². The molecule has 0 aliphatic heterocycles. The van der Waals surface area contributed by atoms with Crippen LogP contribution in [-0.2, 0) is 12.8 Å². The zero-order chi connectivity index (χ0) is 12.7. The molecule has 0 heterocycles. The molecule has 1 fully saturated rings. The molecule has 2 aliphatic carbocycles. The van der Waals surface area contributed by atoms with E-state index in [9.17, 15) is 0 Å². The second kappa shape index (κ2) is 4.42. The van der Waals surface area contributed by atoms with Gasteiger partial charge in [-0.1, -0.05) is 43.4 Å². The van der Waals surface area contributed by atoms with Gasteiger partial charge in [0.1, 0.15) is 0 Å². The Hall–Kier alpha value is -1.30. The van der Waals surface area contributed by atoms with Crippen LogP contribution in [0.25, 0.3) is 12.2 Å². The van der Waals surface area contributed by atoms with Gasteiger partial charge in [-0.3, -0.25) is 0 Å². The van der Waals surface area contributed by atoms with Crippen LogP contribution in [0.15, 0.2) is 24.3 Å². The van der Waals surface area contributed by atoms with Gasteiger partial charge in [0.25, 0.3) is 0 Å². The fraction of sp³-hybridized carbons (Fsp3) is 0.444. The summed E-state index contributed by atoms with van der Waals surface area (Å²) in [6, 6.07) is 4.76. The summed E-state index contributed by atoms with van der Waals surface area (Å²) in [6.07, 6.45) is 9.65. The second-order valence-electron chi connectivity index (χ2n) is 6.13. The van der Waals surface area contributed by atoms with Crippen molar-refractivity contribution >= 4 is 12.2 Å². The fourth-order valence-corrected chi connectivity index (χ4v) is 3.13. The molecule has 1 atom stereocenters. The van der Waals surface area contributed by atoms with E-state index in [4.69, 9.17) is 0 Å². The Morgan fingerprint density at radius 2 is 1.78 bits per heavy atom. The van der Waals surface area contributed by atoms with E-state index in [-0.39, 0.29) is 0 Å². The zero-order valence-corrected chi connectivity index (χ0v) is 11.5. The van der Waals surface area contributed by atoms with Gasteiger partial charge in [0.15, 0.2) is 0 Å². The summed E-state index contributed by atoms with van der Waals surface area (Å²) >= 11 is 0. The first kappa shape index (κ1) is 11.8. The monoisotopic (exact) mass is 238 g/mol. The topological polar surface area (TPSA) is 0 Å². The first-order chi connectivity index (χ1) is 8.67. The smallest absolute Gasteiger partial charge is 0.0182 e. The molecule has 3 rings (SSSR count). The number of hydrogen-bond donors (Lipinski definition) is 0. The first-order valence-electron chi connectivity index (χ1n) is 7.14. The van der Waals surface area contributed by atoms with E-state index >= 15 is 0 Å². The SMILES string of the molecule is C=Cc1cc2c(cc1/C=C(\C)C1CC1)CC(C)C2. The van der Waals surface area contributed by atoms with Gasteiger partial charge < -0.3 is 0 Å². The molecule has 0 N–H and O–H groups in total. The van der Waals surface area contributed by atoms with Crippen molar-refractivity contribution in [1.82, 2.24) is 0 Å². The van der Waals surface area contributed by atoms with Gasteiger partial charge in [0, 0.05) is 0 Å². The molecule has 1 unspecified atom stereocenters. The highest BCUT2D eigenvalue weighted by Gasteiger charge is 2.23. The van der Waals surface area contributed by atoms with E-state index in [0.29, 0.717) is 0 Å². The van der Waals surface area contributed by atoms with Gasteiger partial charge in [0.05, 0.1) is 0 Å². The summed E-state index contributed by atoms with van der Waals surface area (Å²) in [5, 5.41) is 0. The number of hydrogen-bond acceptors (Lipinski definition) is 0. The van der Waals surface area contributed by atoms with Gasteiger partial charge in [-0.15, -0.1) is 0 Å². The van der Waals surface area contributed by atoms with Crippen LogP contribution in [0.1, 0.15) is 48.9 Å². The predicted octanol–water partition coefficient (Wildman–Crippen LogP) is 4.88. The molecule has 0 nitrogen and oxygen atoms in total. The Kier molecular flexibility index (Phi) is 2.89. The Morgan fingerprint density at radius 3 is 2.33 bits per heavy atom. The highest BCUT2D eigenvalue weighted by Crippen LogP contribution is 2.38. The highest BCUT2D eigenvalue weighted by atomic mass is 14.3. The zero-order valence-electron chi connectivity index (χ0n) is 11.5. The maximum absolute atomic E-state index is 3.97. The average molecular weight is 238 g/mol. The van der Waals surface area contributed by atoms with Gasteiger partial charge in [-0.2, -0.15) is 0 Å². The number of benzene rings is 1. The lowest BCUT2D eigenvalue weighted by atomic mass is 9.97. The Balaban J connectivity index is 2.00. The average Bonchev–Trinajstić information content (AvgIpc) is 3.11. The third-order valence-corrected chi connectivity index (χ3v) is 4.37. The molecule has 0 spiro atoms. The van der Waals surface area contributed by atoms with E-state index in [2.05, 4.69) is 38.6 Å². The van der Waals surface area contributed by atoms with Crippen LogP contribution in [0.3, 0.4) is 0 Å². The molecule has 0 radical (unpaired) electrons. The van der Waals surface area contributed by atoms with Crippen LogP contribution in [0.2, 0.25) is 0 Å². The molecule has 0 saturated heterocycles. The maximum Gasteiger partial charge on any atom is -0.0182 e. The lowest BCUT2D eigenvalue weighted by Crippen LogP contribution is -1.90. The van der Waals surface area contributed by atoms with Gasteiger partial charge >= 0.3 is 0 Å². The quantitative estimate of drug-likeness (QED) is 0.704. The summed E-state index contributed by atoms with van der Waals surface area (Å²) in [7, 11) is 0. The lowest BCUT2D eigenvalue weighted by Gasteiger charge is -2.08. The maximum atomic E-state index is 3.97. The van der Waals surface area contributed by atoms with Gasteiger partial charge in [-0.25, -0.2) is 0 Å². The Morgan fingerprint density at radius 1 is 1.17 bits per heavy atom. The van der Waals surface area contributed by atoms with E-state index in [1.165, 1.54) is 36.8 Å². The van der Waals surface area contributed by atoms with Gasteiger partial charge in [-0.05, 0) is 66.7 Å². The van der Waals surface area contributed by atoms with Crippen molar-refractivity contribution in [3.8, 4) is 0 Å². The van der Waals surface area contributed by atoms with E-state index in [1.807, 2.05) is 6.08 Å². The lowest BCUT2D eigenvalue weighted by molar-refractivity contribution is 0.628. The molecule has 0 aromatic heterocycles. The summed E-state index contributed by atoms with van der Waals surface area (Å²) in [5.74, 6) is 1.66. The van der Waals surface area contributed by atoms with Crippen LogP contribution in [0.5, 0.6) is 0 Å². The summed E-state index contributed by atoms with van der Waals surface area (Å²) in [4.78, 5) is 0. The van der Waals surface area contributed by atoms with Crippen molar-refractivity contribution in [1.29, 1.82) is 0 Å². The summed E-state index contributed by atoms with van der Waals surface area (Å²) in [5.41, 5.74) is 7.33. The van der Waals surface area contributed by atoms with Crippen molar-refractivity contribution in [3.05, 3.63) is 46.5 Å². The molecule has 0 amide bonds. The molecule has 0 heteroatoms.